The maximum atomic E-state index is 12.4. The van der Waals surface area contributed by atoms with Crippen LogP contribution < -0.4 is 10.1 Å². The highest BCUT2D eigenvalue weighted by atomic mass is 16.5. The van der Waals surface area contributed by atoms with Crippen molar-refractivity contribution in [1.29, 1.82) is 0 Å². The summed E-state index contributed by atoms with van der Waals surface area (Å²) in [6, 6.07) is 14.0. The highest BCUT2D eigenvalue weighted by Crippen LogP contribution is 2.22. The Labute approximate surface area is 142 Å². The quantitative estimate of drug-likeness (QED) is 0.761. The summed E-state index contributed by atoms with van der Waals surface area (Å²) in [7, 11) is 0. The molecule has 0 fully saturated rings. The van der Waals surface area contributed by atoms with Crippen LogP contribution in [0.2, 0.25) is 0 Å². The van der Waals surface area contributed by atoms with E-state index in [1.165, 1.54) is 0 Å². The molecule has 0 spiro atoms. The number of aryl methyl sites for hydroxylation is 2. The molecule has 0 radical (unpaired) electrons. The van der Waals surface area contributed by atoms with Crippen molar-refractivity contribution in [1.82, 2.24) is 4.57 Å². The Kier molecular flexibility index (Phi) is 4.56. The Bertz CT molecular complexity index is 860. The lowest BCUT2D eigenvalue weighted by molar-refractivity contribution is -0.116. The number of hydrogen-bond acceptors (Lipinski definition) is 2. The Morgan fingerprint density at radius 2 is 1.83 bits per heavy atom. The topological polar surface area (TPSA) is 43.3 Å². The zero-order chi connectivity index (χ0) is 17.1. The number of rotatable bonds is 5. The summed E-state index contributed by atoms with van der Waals surface area (Å²) < 4.78 is 7.46. The van der Waals surface area contributed by atoms with Crippen LogP contribution in [0.15, 0.2) is 48.7 Å². The monoisotopic (exact) mass is 322 g/mol. The lowest BCUT2D eigenvalue weighted by atomic mass is 10.1. The van der Waals surface area contributed by atoms with Crippen molar-refractivity contribution >= 4 is 22.5 Å². The van der Waals surface area contributed by atoms with E-state index in [1.807, 2.05) is 67.9 Å². The number of carbonyl (C=O) groups is 1. The van der Waals surface area contributed by atoms with Gasteiger partial charge in [0.2, 0.25) is 5.91 Å². The Balaban J connectivity index is 1.75. The third-order valence-corrected chi connectivity index (χ3v) is 3.87. The summed E-state index contributed by atoms with van der Waals surface area (Å²) >= 11 is 0. The number of hydrogen-bond donors (Lipinski definition) is 1. The van der Waals surface area contributed by atoms with Gasteiger partial charge in [-0.3, -0.25) is 4.79 Å². The van der Waals surface area contributed by atoms with Crippen molar-refractivity contribution in [2.24, 2.45) is 0 Å². The smallest absolute Gasteiger partial charge is 0.244 e. The van der Waals surface area contributed by atoms with E-state index in [0.717, 1.165) is 33.5 Å². The zero-order valence-corrected chi connectivity index (χ0v) is 14.3. The minimum Gasteiger partial charge on any atom is -0.494 e. The molecule has 0 unspecified atom stereocenters. The fourth-order valence-corrected chi connectivity index (χ4v) is 2.97. The summed E-state index contributed by atoms with van der Waals surface area (Å²) in [5.74, 6) is 0.814. The molecule has 124 valence electrons. The van der Waals surface area contributed by atoms with Crippen LogP contribution in [-0.4, -0.2) is 17.1 Å². The number of benzene rings is 2. The van der Waals surface area contributed by atoms with Crippen molar-refractivity contribution in [3.8, 4) is 5.75 Å². The van der Waals surface area contributed by atoms with Crippen LogP contribution in [-0.2, 0) is 11.3 Å². The molecule has 1 amide bonds. The maximum absolute atomic E-state index is 12.4. The molecule has 0 atom stereocenters. The molecule has 3 aromatic rings. The number of nitrogens with zero attached hydrogens (tertiary/aromatic N) is 1. The highest BCUT2D eigenvalue weighted by molar-refractivity contribution is 5.92. The SMILES string of the molecule is CCOc1ccc2c(ccn2CC(=O)Nc2cc(C)cc(C)c2)c1. The normalized spacial score (nSPS) is 10.8. The molecule has 24 heavy (non-hydrogen) atoms. The van der Waals surface area contributed by atoms with Crippen molar-refractivity contribution in [2.75, 3.05) is 11.9 Å². The van der Waals surface area contributed by atoms with E-state index in [9.17, 15) is 4.79 Å². The minimum atomic E-state index is -0.0358. The first-order valence-corrected chi connectivity index (χ1v) is 8.15. The minimum absolute atomic E-state index is 0.0358. The van der Waals surface area contributed by atoms with Gasteiger partial charge in [-0.2, -0.15) is 0 Å². The first-order valence-electron chi connectivity index (χ1n) is 8.15. The van der Waals surface area contributed by atoms with Gasteiger partial charge >= 0.3 is 0 Å². The van der Waals surface area contributed by atoms with Gasteiger partial charge < -0.3 is 14.6 Å². The molecule has 3 rings (SSSR count). The van der Waals surface area contributed by atoms with Gasteiger partial charge in [0.15, 0.2) is 0 Å². The second kappa shape index (κ2) is 6.79. The number of carbonyl (C=O) groups excluding carboxylic acids is 1. The summed E-state index contributed by atoms with van der Waals surface area (Å²) in [5, 5.41) is 4.04. The Morgan fingerprint density at radius 1 is 1.08 bits per heavy atom. The summed E-state index contributed by atoms with van der Waals surface area (Å²) in [6.07, 6.45) is 1.93. The summed E-state index contributed by atoms with van der Waals surface area (Å²) in [6.45, 7) is 6.94. The standard InChI is InChI=1S/C20H22N2O2/c1-4-24-18-5-6-19-16(12-18)7-8-22(19)13-20(23)21-17-10-14(2)9-15(3)11-17/h5-12H,4,13H2,1-3H3,(H,21,23). The molecule has 4 nitrogen and oxygen atoms in total. The van der Waals surface area contributed by atoms with Gasteiger partial charge in [0, 0.05) is 22.8 Å². The third kappa shape index (κ3) is 3.59. The van der Waals surface area contributed by atoms with Crippen LogP contribution in [0.4, 0.5) is 5.69 Å². The fraction of sp³-hybridized carbons (Fsp3) is 0.250. The van der Waals surface area contributed by atoms with Crippen LogP contribution in [0.1, 0.15) is 18.1 Å². The van der Waals surface area contributed by atoms with E-state index in [2.05, 4.69) is 11.4 Å². The molecule has 4 heteroatoms. The van der Waals surface area contributed by atoms with Gasteiger partial charge in [0.05, 0.1) is 6.61 Å². The van der Waals surface area contributed by atoms with Crippen molar-refractivity contribution in [2.45, 2.75) is 27.3 Å². The molecular weight excluding hydrogens is 300 g/mol. The summed E-state index contributed by atoms with van der Waals surface area (Å²) in [4.78, 5) is 12.4. The molecule has 0 bridgehead atoms. The highest BCUT2D eigenvalue weighted by Gasteiger charge is 2.08. The number of fused-ring (bicyclic) bond motifs is 1. The van der Waals surface area contributed by atoms with Crippen LogP contribution in [0.3, 0.4) is 0 Å². The van der Waals surface area contributed by atoms with E-state index in [-0.39, 0.29) is 12.5 Å². The van der Waals surface area contributed by atoms with Crippen LogP contribution in [0.5, 0.6) is 5.75 Å². The maximum Gasteiger partial charge on any atom is 0.244 e. The zero-order valence-electron chi connectivity index (χ0n) is 14.3. The molecule has 0 aliphatic heterocycles. The molecule has 1 N–H and O–H groups in total. The number of amides is 1. The van der Waals surface area contributed by atoms with E-state index in [1.54, 1.807) is 0 Å². The molecule has 0 saturated heterocycles. The lowest BCUT2D eigenvalue weighted by Gasteiger charge is -2.09. The largest absolute Gasteiger partial charge is 0.494 e. The van der Waals surface area contributed by atoms with Gasteiger partial charge in [-0.1, -0.05) is 6.07 Å². The Morgan fingerprint density at radius 3 is 2.54 bits per heavy atom. The van der Waals surface area contributed by atoms with Crippen LogP contribution in [0, 0.1) is 13.8 Å². The van der Waals surface area contributed by atoms with Gasteiger partial charge in [-0.05, 0) is 68.3 Å². The van der Waals surface area contributed by atoms with Crippen molar-refractivity contribution < 1.29 is 9.53 Å². The molecule has 0 saturated carbocycles. The Hall–Kier alpha value is -2.75. The average Bonchev–Trinajstić information content (AvgIpc) is 2.88. The summed E-state index contributed by atoms with van der Waals surface area (Å²) in [5.41, 5.74) is 4.14. The number of ether oxygens (including phenoxy) is 1. The second-order valence-corrected chi connectivity index (χ2v) is 6.02. The van der Waals surface area contributed by atoms with Gasteiger partial charge in [-0.25, -0.2) is 0 Å². The van der Waals surface area contributed by atoms with Crippen molar-refractivity contribution in [3.05, 3.63) is 59.8 Å². The van der Waals surface area contributed by atoms with E-state index in [4.69, 9.17) is 4.74 Å². The first-order chi connectivity index (χ1) is 11.5. The van der Waals surface area contributed by atoms with Gasteiger partial charge in [-0.15, -0.1) is 0 Å². The molecular formula is C20H22N2O2. The van der Waals surface area contributed by atoms with Gasteiger partial charge in [0.1, 0.15) is 12.3 Å². The molecule has 1 heterocycles. The lowest BCUT2D eigenvalue weighted by Crippen LogP contribution is -2.18. The molecule has 2 aromatic carbocycles. The van der Waals surface area contributed by atoms with Crippen LogP contribution in [0.25, 0.3) is 10.9 Å². The third-order valence-electron chi connectivity index (χ3n) is 3.87. The molecule has 0 aliphatic rings. The second-order valence-electron chi connectivity index (χ2n) is 6.02. The first kappa shape index (κ1) is 16.1. The van der Waals surface area contributed by atoms with E-state index >= 15 is 0 Å². The number of aromatic nitrogens is 1. The molecule has 1 aromatic heterocycles. The fourth-order valence-electron chi connectivity index (χ4n) is 2.97. The number of anilines is 1. The average molecular weight is 322 g/mol. The number of nitrogens with one attached hydrogen (secondary N) is 1. The van der Waals surface area contributed by atoms with E-state index in [0.29, 0.717) is 6.61 Å². The predicted molar refractivity (Wildman–Crippen MR) is 97.7 cm³/mol. The predicted octanol–water partition coefficient (Wildman–Crippen LogP) is 4.30. The van der Waals surface area contributed by atoms with Crippen molar-refractivity contribution in [3.63, 3.8) is 0 Å². The van der Waals surface area contributed by atoms with Gasteiger partial charge in [0.25, 0.3) is 0 Å². The van der Waals surface area contributed by atoms with E-state index < -0.39 is 0 Å². The molecule has 0 aliphatic carbocycles. The van der Waals surface area contributed by atoms with Crippen LogP contribution >= 0.6 is 0 Å².